The predicted molar refractivity (Wildman–Crippen MR) is 117 cm³/mol. The zero-order valence-corrected chi connectivity index (χ0v) is 17.3. The Morgan fingerprint density at radius 1 is 0.966 bits per heavy atom. The summed E-state index contributed by atoms with van der Waals surface area (Å²) in [6, 6.07) is 10.9. The third-order valence-electron chi connectivity index (χ3n) is 6.55. The Hall–Kier alpha value is -2.33. The lowest BCUT2D eigenvalue weighted by Gasteiger charge is -2.27. The van der Waals surface area contributed by atoms with Gasteiger partial charge in [0.1, 0.15) is 5.75 Å². The van der Waals surface area contributed by atoms with E-state index in [4.69, 9.17) is 4.74 Å². The van der Waals surface area contributed by atoms with Crippen LogP contribution in [0.15, 0.2) is 42.7 Å². The van der Waals surface area contributed by atoms with Gasteiger partial charge in [-0.25, -0.2) is 0 Å². The van der Waals surface area contributed by atoms with Crippen LogP contribution in [-0.2, 0) is 0 Å². The first kappa shape index (κ1) is 18.7. The summed E-state index contributed by atoms with van der Waals surface area (Å²) in [7, 11) is 0. The van der Waals surface area contributed by atoms with E-state index in [1.54, 1.807) is 0 Å². The Balaban J connectivity index is 1.37. The topological polar surface area (TPSA) is 28.6 Å². The molecular weight excluding hydrogens is 358 g/mol. The van der Waals surface area contributed by atoms with Crippen LogP contribution in [0.2, 0.25) is 0 Å². The van der Waals surface area contributed by atoms with Crippen LogP contribution in [0.3, 0.4) is 0 Å². The number of hydrogen-bond acceptors (Lipinski definition) is 4. The summed E-state index contributed by atoms with van der Waals surface area (Å²) in [4.78, 5) is 9.48. The molecule has 4 heterocycles. The van der Waals surface area contributed by atoms with Crippen molar-refractivity contribution in [1.82, 2.24) is 14.8 Å². The summed E-state index contributed by atoms with van der Waals surface area (Å²) in [6.45, 7) is 6.63. The smallest absolute Gasteiger partial charge is 0.119 e. The first-order valence-electron chi connectivity index (χ1n) is 11.3. The number of pyridine rings is 1. The lowest BCUT2D eigenvalue weighted by molar-refractivity contribution is 0.205. The highest BCUT2D eigenvalue weighted by molar-refractivity contribution is 5.71. The molecule has 29 heavy (non-hydrogen) atoms. The molecule has 0 spiro atoms. The molecule has 4 heteroatoms. The van der Waals surface area contributed by atoms with Crippen LogP contribution in [-0.4, -0.2) is 54.1 Å². The van der Waals surface area contributed by atoms with E-state index in [-0.39, 0.29) is 0 Å². The fraction of sp³-hybridized carbons (Fsp3) is 0.480. The molecule has 5 rings (SSSR count). The molecule has 0 radical (unpaired) electrons. The Labute approximate surface area is 173 Å². The predicted octanol–water partition coefficient (Wildman–Crippen LogP) is 2.75. The van der Waals surface area contributed by atoms with Gasteiger partial charge in [0, 0.05) is 42.9 Å². The maximum Gasteiger partial charge on any atom is 0.119 e. The lowest BCUT2D eigenvalue weighted by atomic mass is 9.98. The molecule has 0 amide bonds. The molecule has 0 saturated carbocycles. The number of aromatic nitrogens is 1. The highest BCUT2D eigenvalue weighted by Gasteiger charge is 2.24. The molecule has 3 aliphatic heterocycles. The first-order valence-corrected chi connectivity index (χ1v) is 11.3. The van der Waals surface area contributed by atoms with Crippen molar-refractivity contribution >= 4 is 11.3 Å². The van der Waals surface area contributed by atoms with Gasteiger partial charge in [0.15, 0.2) is 0 Å². The largest absolute Gasteiger partial charge is 0.494 e. The summed E-state index contributed by atoms with van der Waals surface area (Å²) >= 11 is 0. The van der Waals surface area contributed by atoms with Crippen molar-refractivity contribution in [2.45, 2.75) is 38.5 Å². The fourth-order valence-electron chi connectivity index (χ4n) is 5.05. The van der Waals surface area contributed by atoms with Crippen LogP contribution in [0.25, 0.3) is 11.3 Å². The summed E-state index contributed by atoms with van der Waals surface area (Å²) in [5.41, 5.74) is 4.11. The zero-order chi connectivity index (χ0) is 19.5. The fourth-order valence-corrected chi connectivity index (χ4v) is 5.05. The van der Waals surface area contributed by atoms with E-state index in [0.717, 1.165) is 38.4 Å². The van der Waals surface area contributed by atoms with Crippen molar-refractivity contribution in [3.8, 4) is 5.75 Å². The van der Waals surface area contributed by atoms with Crippen LogP contribution in [0.4, 0.5) is 0 Å². The van der Waals surface area contributed by atoms with Crippen LogP contribution in [0.5, 0.6) is 5.75 Å². The van der Waals surface area contributed by atoms with Gasteiger partial charge in [-0.3, -0.25) is 4.98 Å². The number of piperidine rings is 1. The Morgan fingerprint density at radius 3 is 2.76 bits per heavy atom. The minimum atomic E-state index is 0.799. The minimum Gasteiger partial charge on any atom is -0.494 e. The van der Waals surface area contributed by atoms with Crippen LogP contribution < -0.4 is 15.2 Å². The highest BCUT2D eigenvalue weighted by atomic mass is 16.5. The number of nitrogens with zero attached hydrogens (tertiary/aromatic N) is 3. The van der Waals surface area contributed by atoms with Crippen molar-refractivity contribution in [3.05, 3.63) is 58.7 Å². The van der Waals surface area contributed by atoms with Crippen molar-refractivity contribution in [1.29, 1.82) is 0 Å². The molecular formula is C25H31N3O. The summed E-state index contributed by atoms with van der Waals surface area (Å²) < 4.78 is 6.17. The quantitative estimate of drug-likeness (QED) is 0.711. The zero-order valence-electron chi connectivity index (χ0n) is 17.3. The molecule has 2 saturated heterocycles. The second-order valence-electron chi connectivity index (χ2n) is 8.50. The minimum absolute atomic E-state index is 0.799. The van der Waals surface area contributed by atoms with Crippen LogP contribution >= 0.6 is 0 Å². The van der Waals surface area contributed by atoms with Crippen molar-refractivity contribution in [3.63, 3.8) is 0 Å². The lowest BCUT2D eigenvalue weighted by Crippen LogP contribution is -2.41. The molecule has 0 atom stereocenters. The normalized spacial score (nSPS) is 19.2. The monoisotopic (exact) mass is 389 g/mol. The van der Waals surface area contributed by atoms with Crippen molar-refractivity contribution < 1.29 is 4.74 Å². The Bertz CT molecular complexity index is 963. The van der Waals surface area contributed by atoms with E-state index in [0.29, 0.717) is 0 Å². The summed E-state index contributed by atoms with van der Waals surface area (Å²) in [5, 5.41) is 2.72. The number of ether oxygens (including phenoxy) is 1. The SMILES string of the molecule is c1cncc(C2=c3ccc(OCCCN4CCCCC4)cc3=C3CCCN3C2)c1. The van der Waals surface area contributed by atoms with Gasteiger partial charge in [-0.2, -0.15) is 0 Å². The molecule has 152 valence electrons. The molecule has 0 unspecified atom stereocenters. The van der Waals surface area contributed by atoms with E-state index < -0.39 is 0 Å². The maximum absolute atomic E-state index is 6.17. The Morgan fingerprint density at radius 2 is 1.90 bits per heavy atom. The number of benzene rings is 1. The van der Waals surface area contributed by atoms with Crippen molar-refractivity contribution in [2.75, 3.05) is 39.3 Å². The van der Waals surface area contributed by atoms with E-state index in [1.807, 2.05) is 18.5 Å². The molecule has 2 fully saturated rings. The van der Waals surface area contributed by atoms with Gasteiger partial charge in [0.2, 0.25) is 0 Å². The summed E-state index contributed by atoms with van der Waals surface area (Å²) in [6.07, 6.45) is 11.5. The standard InChI is InChI=1S/C25H31N3O/c1-2-12-27(13-3-1)14-6-16-29-21-9-10-22-23(17-21)25-8-5-15-28(25)19-24(22)20-7-4-11-26-18-20/h4,7,9-11,17-18H,1-3,5-6,8,12-16,19H2. The van der Waals surface area contributed by atoms with Gasteiger partial charge in [0.25, 0.3) is 0 Å². The average Bonchev–Trinajstić information content (AvgIpc) is 3.26. The Kier molecular flexibility index (Phi) is 5.53. The molecule has 1 aromatic carbocycles. The third-order valence-corrected chi connectivity index (χ3v) is 6.55. The maximum atomic E-state index is 6.17. The number of fused-ring (bicyclic) bond motifs is 2. The van der Waals surface area contributed by atoms with Crippen LogP contribution in [0, 0.1) is 0 Å². The molecule has 0 N–H and O–H groups in total. The number of hydrogen-bond donors (Lipinski definition) is 0. The van der Waals surface area contributed by atoms with Gasteiger partial charge >= 0.3 is 0 Å². The van der Waals surface area contributed by atoms with E-state index in [9.17, 15) is 0 Å². The van der Waals surface area contributed by atoms with Gasteiger partial charge in [-0.1, -0.05) is 18.6 Å². The van der Waals surface area contributed by atoms with E-state index in [2.05, 4.69) is 39.0 Å². The van der Waals surface area contributed by atoms with Gasteiger partial charge in [0.05, 0.1) is 6.61 Å². The molecule has 0 aliphatic carbocycles. The van der Waals surface area contributed by atoms with E-state index >= 15 is 0 Å². The second-order valence-corrected chi connectivity index (χ2v) is 8.50. The van der Waals surface area contributed by atoms with Crippen LogP contribution in [0.1, 0.15) is 44.1 Å². The summed E-state index contributed by atoms with van der Waals surface area (Å²) in [5.74, 6) is 1.01. The molecule has 0 bridgehead atoms. The highest BCUT2D eigenvalue weighted by Crippen LogP contribution is 2.26. The number of likely N-dealkylation sites (tertiary alicyclic amines) is 1. The third kappa shape index (κ3) is 4.04. The second kappa shape index (κ2) is 8.58. The molecule has 1 aromatic heterocycles. The van der Waals surface area contributed by atoms with Crippen molar-refractivity contribution in [2.24, 2.45) is 0 Å². The molecule has 4 nitrogen and oxygen atoms in total. The molecule has 3 aliphatic rings. The van der Waals surface area contributed by atoms with E-state index in [1.165, 1.54) is 72.5 Å². The average molecular weight is 390 g/mol. The molecule has 2 aromatic rings. The van der Waals surface area contributed by atoms with Gasteiger partial charge in [-0.15, -0.1) is 0 Å². The first-order chi connectivity index (χ1) is 14.4. The van der Waals surface area contributed by atoms with Gasteiger partial charge < -0.3 is 14.5 Å². The number of rotatable bonds is 6. The van der Waals surface area contributed by atoms with Gasteiger partial charge in [-0.05, 0) is 79.7 Å².